The molecule has 0 saturated carbocycles. The molecule has 3 aliphatic rings. The Kier molecular flexibility index (Phi) is 7.34. The molecule has 42 heavy (non-hydrogen) atoms. The number of tetrazole rings is 1. The van der Waals surface area contributed by atoms with Crippen molar-refractivity contribution in [2.24, 2.45) is 0 Å². The third kappa shape index (κ3) is 4.68. The van der Waals surface area contributed by atoms with Gasteiger partial charge in [-0.1, -0.05) is 62.4 Å². The summed E-state index contributed by atoms with van der Waals surface area (Å²) in [6, 6.07) is 17.5. The van der Waals surface area contributed by atoms with Crippen molar-refractivity contribution in [1.82, 2.24) is 20.2 Å². The van der Waals surface area contributed by atoms with Gasteiger partial charge in [0.1, 0.15) is 7.05 Å². The molecule has 3 heterocycles. The van der Waals surface area contributed by atoms with Gasteiger partial charge in [-0.15, -0.1) is 5.10 Å². The summed E-state index contributed by atoms with van der Waals surface area (Å²) in [6.07, 6.45) is 12.6. The van der Waals surface area contributed by atoms with Gasteiger partial charge in [0.15, 0.2) is 5.71 Å². The maximum Gasteiger partial charge on any atom is 0.214 e. The number of hydrogen-bond donors (Lipinski definition) is 0. The van der Waals surface area contributed by atoms with Gasteiger partial charge in [-0.2, -0.15) is 4.58 Å². The van der Waals surface area contributed by atoms with Crippen LogP contribution in [0.5, 0.6) is 0 Å². The van der Waals surface area contributed by atoms with Gasteiger partial charge in [-0.25, -0.2) is 4.68 Å². The first-order valence-electron chi connectivity index (χ1n) is 15.0. The molecule has 0 atom stereocenters. The van der Waals surface area contributed by atoms with Gasteiger partial charge in [-0.3, -0.25) is 0 Å². The monoisotopic (exact) mass is 577 g/mol. The summed E-state index contributed by atoms with van der Waals surface area (Å²) < 4.78 is 4.23. The fourth-order valence-electron chi connectivity index (χ4n) is 6.87. The fraction of sp³-hybridized carbons (Fsp3) is 0.371. The van der Waals surface area contributed by atoms with Crippen molar-refractivity contribution >= 4 is 28.8 Å². The molecule has 0 unspecified atom stereocenters. The molecule has 216 valence electrons. The summed E-state index contributed by atoms with van der Waals surface area (Å²) in [5.41, 5.74) is 10.5. The Morgan fingerprint density at radius 3 is 2.40 bits per heavy atom. The number of thioether (sulfide) groups is 1. The summed E-state index contributed by atoms with van der Waals surface area (Å²) in [5.74, 6) is 0. The molecular formula is C35H41N6S+. The minimum absolute atomic E-state index is 0.0621. The maximum atomic E-state index is 4.39. The van der Waals surface area contributed by atoms with E-state index in [9.17, 15) is 0 Å². The van der Waals surface area contributed by atoms with Crippen molar-refractivity contribution < 1.29 is 4.58 Å². The first kappa shape index (κ1) is 28.4. The smallest absolute Gasteiger partial charge is 0.214 e. The molecule has 7 heteroatoms. The molecule has 6 nitrogen and oxygen atoms in total. The number of allylic oxidation sites excluding steroid dienone is 7. The SMILES string of the molecule is CCn1nnnc1SC1=C(/C=C/C2=[N+](C)c3ccccc3C2(C)C)CCC/C1=C\C=C1\N(C)c2ccccc2C1(C)C. The highest BCUT2D eigenvalue weighted by Crippen LogP contribution is 2.47. The molecule has 6 rings (SSSR count). The van der Waals surface area contributed by atoms with E-state index in [1.807, 2.05) is 4.68 Å². The number of aromatic nitrogens is 4. The number of likely N-dealkylation sites (N-methyl/N-ethyl adjacent to an activating group) is 1. The molecule has 1 aromatic heterocycles. The van der Waals surface area contributed by atoms with Crippen LogP contribution in [0.15, 0.2) is 99.7 Å². The van der Waals surface area contributed by atoms with Crippen molar-refractivity contribution in [2.45, 2.75) is 76.4 Å². The summed E-state index contributed by atoms with van der Waals surface area (Å²) in [5, 5.41) is 13.4. The first-order chi connectivity index (χ1) is 20.1. The molecule has 1 aliphatic carbocycles. The Balaban J connectivity index is 1.42. The third-order valence-corrected chi connectivity index (χ3v) is 10.4. The van der Waals surface area contributed by atoms with E-state index < -0.39 is 0 Å². The number of rotatable bonds is 6. The van der Waals surface area contributed by atoms with Crippen molar-refractivity contribution in [3.63, 3.8) is 0 Å². The zero-order valence-electron chi connectivity index (χ0n) is 25.8. The molecule has 0 amide bonds. The quantitative estimate of drug-likeness (QED) is 0.281. The molecule has 0 radical (unpaired) electrons. The highest BCUT2D eigenvalue weighted by molar-refractivity contribution is 8.03. The number of para-hydroxylation sites is 2. The Bertz CT molecular complexity index is 1700. The van der Waals surface area contributed by atoms with Crippen LogP contribution in [0.3, 0.4) is 0 Å². The van der Waals surface area contributed by atoms with E-state index in [1.54, 1.807) is 11.8 Å². The second kappa shape index (κ2) is 10.8. The number of anilines is 1. The summed E-state index contributed by atoms with van der Waals surface area (Å²) in [4.78, 5) is 3.61. The summed E-state index contributed by atoms with van der Waals surface area (Å²) in [6.45, 7) is 12.1. The molecule has 3 aromatic rings. The lowest BCUT2D eigenvalue weighted by Crippen LogP contribution is -2.26. The number of hydrogen-bond acceptors (Lipinski definition) is 5. The highest BCUT2D eigenvalue weighted by atomic mass is 32.2. The van der Waals surface area contributed by atoms with Crippen LogP contribution in [0, 0.1) is 0 Å². The standard InChI is InChI=1S/C35H41N6S/c1-8-41-33(36-37-38-41)42-32-24(20-22-30-34(2,3)26-16-9-11-18-28(26)39(30)6)14-13-15-25(32)21-23-31-35(4,5)27-17-10-12-19-29(27)40(31)7/h9-12,16-23H,8,13-15H2,1-7H3/q+1. The number of nitrogens with zero attached hydrogens (tertiary/aromatic N) is 6. The molecular weight excluding hydrogens is 536 g/mol. The van der Waals surface area contributed by atoms with Gasteiger partial charge in [0, 0.05) is 53.0 Å². The van der Waals surface area contributed by atoms with Gasteiger partial charge in [0.2, 0.25) is 10.8 Å². The average Bonchev–Trinajstić information content (AvgIpc) is 3.58. The van der Waals surface area contributed by atoms with Gasteiger partial charge < -0.3 is 4.90 Å². The predicted molar refractivity (Wildman–Crippen MR) is 174 cm³/mol. The van der Waals surface area contributed by atoms with E-state index >= 15 is 0 Å². The Hall–Kier alpha value is -3.71. The van der Waals surface area contributed by atoms with Crippen LogP contribution in [-0.4, -0.2) is 44.6 Å². The lowest BCUT2D eigenvalue weighted by atomic mass is 9.81. The van der Waals surface area contributed by atoms with E-state index in [1.165, 1.54) is 50.0 Å². The Morgan fingerprint density at radius 2 is 1.67 bits per heavy atom. The van der Waals surface area contributed by atoms with Crippen molar-refractivity contribution in [2.75, 3.05) is 19.0 Å². The normalized spacial score (nSPS) is 21.3. The highest BCUT2D eigenvalue weighted by Gasteiger charge is 2.42. The van der Waals surface area contributed by atoms with Crippen LogP contribution in [-0.2, 0) is 17.4 Å². The van der Waals surface area contributed by atoms with Gasteiger partial charge in [-0.05, 0) is 91.1 Å². The fourth-order valence-corrected chi connectivity index (χ4v) is 8.01. The molecule has 0 bridgehead atoms. The maximum absolute atomic E-state index is 4.39. The second-order valence-corrected chi connectivity index (χ2v) is 13.4. The van der Waals surface area contributed by atoms with Gasteiger partial charge in [0.05, 0.1) is 5.41 Å². The van der Waals surface area contributed by atoms with Crippen LogP contribution in [0.1, 0.15) is 65.0 Å². The largest absolute Gasteiger partial charge is 0.347 e. The van der Waals surface area contributed by atoms with Crippen LogP contribution >= 0.6 is 11.8 Å². The van der Waals surface area contributed by atoms with Crippen LogP contribution in [0.4, 0.5) is 11.4 Å². The number of aryl methyl sites for hydroxylation is 1. The van der Waals surface area contributed by atoms with E-state index in [0.29, 0.717) is 0 Å². The predicted octanol–water partition coefficient (Wildman–Crippen LogP) is 7.72. The van der Waals surface area contributed by atoms with E-state index in [4.69, 9.17) is 0 Å². The van der Waals surface area contributed by atoms with E-state index in [0.717, 1.165) is 31.0 Å². The number of fused-ring (bicyclic) bond motifs is 2. The summed E-state index contributed by atoms with van der Waals surface area (Å²) in [7, 11) is 4.37. The van der Waals surface area contributed by atoms with E-state index in [2.05, 4.69) is 147 Å². The lowest BCUT2D eigenvalue weighted by Gasteiger charge is -2.25. The van der Waals surface area contributed by atoms with Crippen molar-refractivity contribution in [3.05, 3.63) is 106 Å². The van der Waals surface area contributed by atoms with Crippen LogP contribution in [0.2, 0.25) is 0 Å². The molecule has 0 spiro atoms. The molecule has 0 N–H and O–H groups in total. The zero-order chi connectivity index (χ0) is 29.6. The molecule has 0 fully saturated rings. The minimum Gasteiger partial charge on any atom is -0.347 e. The first-order valence-corrected chi connectivity index (χ1v) is 15.8. The van der Waals surface area contributed by atoms with Crippen molar-refractivity contribution in [1.29, 1.82) is 0 Å². The topological polar surface area (TPSA) is 49.9 Å². The van der Waals surface area contributed by atoms with Gasteiger partial charge in [0.25, 0.3) is 0 Å². The molecule has 2 aliphatic heterocycles. The third-order valence-electron chi connectivity index (χ3n) is 9.23. The lowest BCUT2D eigenvalue weighted by molar-refractivity contribution is -0.401. The Labute approximate surface area is 254 Å². The van der Waals surface area contributed by atoms with Crippen LogP contribution < -0.4 is 4.90 Å². The number of benzene rings is 2. The van der Waals surface area contributed by atoms with Crippen LogP contribution in [0.25, 0.3) is 0 Å². The average molecular weight is 578 g/mol. The van der Waals surface area contributed by atoms with Crippen molar-refractivity contribution in [3.8, 4) is 0 Å². The zero-order valence-corrected chi connectivity index (χ0v) is 26.7. The van der Waals surface area contributed by atoms with E-state index in [-0.39, 0.29) is 10.8 Å². The summed E-state index contributed by atoms with van der Waals surface area (Å²) >= 11 is 1.70. The second-order valence-electron chi connectivity index (χ2n) is 12.5. The molecule has 0 saturated heterocycles. The molecule has 2 aromatic carbocycles. The van der Waals surface area contributed by atoms with Gasteiger partial charge >= 0.3 is 0 Å². The Morgan fingerprint density at radius 1 is 0.929 bits per heavy atom. The minimum atomic E-state index is -0.0621.